The maximum Gasteiger partial charge on any atom is 0.241 e. The molecule has 0 saturated carbocycles. The summed E-state index contributed by atoms with van der Waals surface area (Å²) in [4.78, 5) is 8.40. The molecule has 3 heterocycles. The second kappa shape index (κ2) is 10.5. The fraction of sp³-hybridized carbons (Fsp3) is 0.478. The van der Waals surface area contributed by atoms with Crippen LogP contribution in [0.25, 0.3) is 5.69 Å². The van der Waals surface area contributed by atoms with Gasteiger partial charge in [0.25, 0.3) is 0 Å². The molecule has 0 bridgehead atoms. The Bertz CT molecular complexity index is 1180. The molecule has 1 saturated heterocycles. The molecule has 3 aromatic rings. The number of nitrogens with one attached hydrogen (secondary N) is 1. The number of benzene rings is 1. The van der Waals surface area contributed by atoms with Gasteiger partial charge >= 0.3 is 0 Å². The van der Waals surface area contributed by atoms with Crippen molar-refractivity contribution < 1.29 is 18.4 Å². The molecule has 2 aromatic heterocycles. The van der Waals surface area contributed by atoms with Gasteiger partial charge in [0, 0.05) is 18.8 Å². The van der Waals surface area contributed by atoms with E-state index in [9.17, 15) is 4.21 Å². The van der Waals surface area contributed by atoms with Crippen LogP contribution in [0.2, 0.25) is 5.02 Å². The van der Waals surface area contributed by atoms with Gasteiger partial charge in [0.15, 0.2) is 5.82 Å². The van der Waals surface area contributed by atoms with E-state index in [-0.39, 0.29) is 17.0 Å². The number of hydrogen-bond donors (Lipinski definition) is 1. The number of aromatic nitrogens is 5. The first-order valence-electron chi connectivity index (χ1n) is 11.2. The smallest absolute Gasteiger partial charge is 0.241 e. The summed E-state index contributed by atoms with van der Waals surface area (Å²) in [7, 11) is 1.63. The van der Waals surface area contributed by atoms with Crippen LogP contribution in [0.4, 0.5) is 5.95 Å². The third-order valence-corrected chi connectivity index (χ3v) is 7.25. The van der Waals surface area contributed by atoms with Crippen molar-refractivity contribution in [1.29, 1.82) is 0 Å². The van der Waals surface area contributed by atoms with Crippen LogP contribution in [0, 0.1) is 0 Å². The van der Waals surface area contributed by atoms with Crippen molar-refractivity contribution in [2.75, 3.05) is 18.9 Å². The summed E-state index contributed by atoms with van der Waals surface area (Å²) < 4.78 is 35.6. The Labute approximate surface area is 212 Å². The highest BCUT2D eigenvalue weighted by Gasteiger charge is 2.37. The lowest BCUT2D eigenvalue weighted by molar-refractivity contribution is -0.0207. The predicted octanol–water partition coefficient (Wildman–Crippen LogP) is 4.06. The van der Waals surface area contributed by atoms with Crippen LogP contribution >= 0.6 is 11.6 Å². The van der Waals surface area contributed by atoms with E-state index in [1.807, 2.05) is 39.0 Å². The number of halogens is 1. The van der Waals surface area contributed by atoms with Gasteiger partial charge in [-0.05, 0) is 45.7 Å². The number of rotatable bonds is 9. The van der Waals surface area contributed by atoms with E-state index in [4.69, 9.17) is 25.8 Å². The lowest BCUT2D eigenvalue weighted by atomic mass is 10.1. The van der Waals surface area contributed by atoms with Crippen LogP contribution in [-0.4, -0.2) is 54.0 Å². The van der Waals surface area contributed by atoms with Gasteiger partial charge in [-0.3, -0.25) is 9.29 Å². The molecule has 12 heteroatoms. The Hall–Kier alpha value is -2.76. The van der Waals surface area contributed by atoms with Crippen LogP contribution < -0.4 is 14.2 Å². The van der Waals surface area contributed by atoms with Crippen molar-refractivity contribution in [3.8, 4) is 17.2 Å². The normalized spacial score (nSPS) is 18.7. The first kappa shape index (κ1) is 25.3. The van der Waals surface area contributed by atoms with Crippen LogP contribution in [-0.2, 0) is 22.1 Å². The summed E-state index contributed by atoms with van der Waals surface area (Å²) in [6, 6.07) is 5.48. The van der Waals surface area contributed by atoms with E-state index < -0.39 is 11.0 Å². The molecular weight excluding hydrogens is 492 g/mol. The molecule has 0 amide bonds. The standard InChI is InChI=1S/C23H29ClN6O4S/c1-14(11-19-25-12-15(24)13-26-19)35(31)29-22-28-27-21(18-9-10-23(2,3)34-18)30(22)20-16(32-4)7-6-8-17(20)33-5/h6-8,12-14,18H,9-11H2,1-5H3,(H,28,29). The van der Waals surface area contributed by atoms with Crippen LogP contribution in [0.3, 0.4) is 0 Å². The summed E-state index contributed by atoms with van der Waals surface area (Å²) in [5.41, 5.74) is 0.314. The summed E-state index contributed by atoms with van der Waals surface area (Å²) >= 11 is 5.87. The molecule has 1 N–H and O–H groups in total. The lowest BCUT2D eigenvalue weighted by Crippen LogP contribution is -2.24. The van der Waals surface area contributed by atoms with Gasteiger partial charge in [-0.25, -0.2) is 14.2 Å². The third kappa shape index (κ3) is 5.57. The number of hydrogen-bond acceptors (Lipinski definition) is 8. The topological polar surface area (TPSA) is 113 Å². The van der Waals surface area contributed by atoms with Crippen molar-refractivity contribution in [3.05, 3.63) is 47.3 Å². The van der Waals surface area contributed by atoms with Gasteiger partial charge in [0.05, 0.1) is 30.1 Å². The molecule has 3 unspecified atom stereocenters. The largest absolute Gasteiger partial charge is 0.494 e. The molecule has 188 valence electrons. The van der Waals surface area contributed by atoms with Crippen molar-refractivity contribution in [1.82, 2.24) is 24.7 Å². The SMILES string of the molecule is COc1cccc(OC)c1-n1c(NS(=O)C(C)Cc2ncc(Cl)cn2)nnc1C1CCC(C)(C)O1. The van der Waals surface area contributed by atoms with E-state index in [1.54, 1.807) is 18.8 Å². The Kier molecular flexibility index (Phi) is 7.58. The van der Waals surface area contributed by atoms with Crippen LogP contribution in [0.5, 0.6) is 11.5 Å². The summed E-state index contributed by atoms with van der Waals surface area (Å²) in [6.07, 6.45) is 4.78. The van der Waals surface area contributed by atoms with E-state index in [2.05, 4.69) is 24.9 Å². The molecule has 0 radical (unpaired) electrons. The summed E-state index contributed by atoms with van der Waals surface area (Å²) in [5, 5.41) is 8.90. The Morgan fingerprint density at radius 2 is 1.89 bits per heavy atom. The van der Waals surface area contributed by atoms with Crippen molar-refractivity contribution in [2.45, 2.75) is 57.0 Å². The van der Waals surface area contributed by atoms with Gasteiger partial charge in [-0.2, -0.15) is 0 Å². The maximum atomic E-state index is 13.3. The Balaban J connectivity index is 1.70. The second-order valence-corrected chi connectivity index (χ2v) is 10.9. The first-order chi connectivity index (χ1) is 16.7. The number of ether oxygens (including phenoxy) is 3. The number of para-hydroxylation sites is 1. The van der Waals surface area contributed by atoms with E-state index in [0.717, 1.165) is 12.8 Å². The molecule has 35 heavy (non-hydrogen) atoms. The highest BCUT2D eigenvalue weighted by molar-refractivity contribution is 7.86. The number of nitrogens with zero attached hydrogens (tertiary/aromatic N) is 5. The van der Waals surface area contributed by atoms with Gasteiger partial charge in [-0.15, -0.1) is 10.2 Å². The molecule has 0 aliphatic carbocycles. The minimum absolute atomic E-state index is 0.282. The van der Waals surface area contributed by atoms with Gasteiger partial charge in [-0.1, -0.05) is 17.7 Å². The van der Waals surface area contributed by atoms with E-state index in [1.165, 1.54) is 12.4 Å². The summed E-state index contributed by atoms with van der Waals surface area (Å²) in [5.74, 6) is 2.52. The minimum Gasteiger partial charge on any atom is -0.494 e. The highest BCUT2D eigenvalue weighted by atomic mass is 35.5. The molecule has 1 fully saturated rings. The number of methoxy groups -OCH3 is 2. The minimum atomic E-state index is -1.54. The van der Waals surface area contributed by atoms with Crippen LogP contribution in [0.1, 0.15) is 51.4 Å². The molecule has 1 aliphatic heterocycles. The monoisotopic (exact) mass is 520 g/mol. The zero-order valence-electron chi connectivity index (χ0n) is 20.3. The molecule has 0 spiro atoms. The average molecular weight is 521 g/mol. The molecule has 10 nitrogen and oxygen atoms in total. The molecule has 3 atom stereocenters. The van der Waals surface area contributed by atoms with E-state index in [0.29, 0.717) is 46.2 Å². The Morgan fingerprint density at radius 1 is 1.23 bits per heavy atom. The molecule has 1 aromatic carbocycles. The van der Waals surface area contributed by atoms with Gasteiger partial charge < -0.3 is 14.2 Å². The third-order valence-electron chi connectivity index (χ3n) is 5.77. The first-order valence-corrected chi connectivity index (χ1v) is 12.8. The van der Waals surface area contributed by atoms with Crippen molar-refractivity contribution in [2.24, 2.45) is 0 Å². The average Bonchev–Trinajstić information content (AvgIpc) is 3.41. The van der Waals surface area contributed by atoms with E-state index >= 15 is 0 Å². The van der Waals surface area contributed by atoms with Gasteiger partial charge in [0.1, 0.15) is 40.1 Å². The van der Waals surface area contributed by atoms with Crippen molar-refractivity contribution in [3.63, 3.8) is 0 Å². The number of anilines is 1. The Morgan fingerprint density at radius 3 is 2.46 bits per heavy atom. The lowest BCUT2D eigenvalue weighted by Gasteiger charge is -2.22. The zero-order valence-corrected chi connectivity index (χ0v) is 21.9. The predicted molar refractivity (Wildman–Crippen MR) is 134 cm³/mol. The van der Waals surface area contributed by atoms with Crippen LogP contribution in [0.15, 0.2) is 30.6 Å². The zero-order chi connectivity index (χ0) is 25.2. The van der Waals surface area contributed by atoms with Crippen molar-refractivity contribution >= 4 is 28.5 Å². The molecule has 4 rings (SSSR count). The fourth-order valence-corrected chi connectivity index (χ4v) is 4.89. The maximum absolute atomic E-state index is 13.3. The quantitative estimate of drug-likeness (QED) is 0.449. The van der Waals surface area contributed by atoms with Gasteiger partial charge in [0.2, 0.25) is 5.95 Å². The molecule has 1 aliphatic rings. The fourth-order valence-electron chi connectivity index (χ4n) is 3.97. The molecular formula is C23H29ClN6O4S. The second-order valence-electron chi connectivity index (χ2n) is 8.86. The highest BCUT2D eigenvalue weighted by Crippen LogP contribution is 2.42. The summed E-state index contributed by atoms with van der Waals surface area (Å²) in [6.45, 7) is 5.94.